The third-order valence-corrected chi connectivity index (χ3v) is 3.12. The summed E-state index contributed by atoms with van der Waals surface area (Å²) >= 11 is 5.90. The molecule has 0 spiro atoms. The zero-order chi connectivity index (χ0) is 14.5. The zero-order valence-electron chi connectivity index (χ0n) is 11.4. The second-order valence-electron chi connectivity index (χ2n) is 4.81. The number of likely N-dealkylation sites (N-methyl/N-ethyl adjacent to an activating group) is 1. The van der Waals surface area contributed by atoms with E-state index in [1.54, 1.807) is 12.3 Å². The van der Waals surface area contributed by atoms with Gasteiger partial charge in [-0.05, 0) is 37.9 Å². The van der Waals surface area contributed by atoms with Gasteiger partial charge in [0.1, 0.15) is 5.69 Å². The first-order valence-corrected chi connectivity index (χ1v) is 6.64. The average molecular weight is 293 g/mol. The van der Waals surface area contributed by atoms with Gasteiger partial charge in [0.15, 0.2) is 0 Å². The van der Waals surface area contributed by atoms with Crippen molar-refractivity contribution in [2.24, 2.45) is 0 Å². The number of nitrogens with one attached hydrogen (secondary N) is 2. The molecule has 1 aromatic heterocycles. The van der Waals surface area contributed by atoms with Crippen LogP contribution in [0, 0.1) is 0 Å². The molecule has 0 aliphatic heterocycles. The van der Waals surface area contributed by atoms with E-state index in [0.717, 1.165) is 5.56 Å². The van der Waals surface area contributed by atoms with E-state index in [0.29, 0.717) is 17.3 Å². The van der Waals surface area contributed by atoms with Gasteiger partial charge in [-0.25, -0.2) is 0 Å². The molecule has 6 heteroatoms. The van der Waals surface area contributed by atoms with Gasteiger partial charge in [0, 0.05) is 17.8 Å². The van der Waals surface area contributed by atoms with Crippen LogP contribution in [0.1, 0.15) is 22.1 Å². The van der Waals surface area contributed by atoms with E-state index in [1.165, 1.54) is 0 Å². The summed E-state index contributed by atoms with van der Waals surface area (Å²) in [5, 5.41) is 10.1. The lowest BCUT2D eigenvalue weighted by molar-refractivity contribution is 0.0925. The van der Waals surface area contributed by atoms with Crippen LogP contribution in [0.4, 0.5) is 0 Å². The second kappa shape index (κ2) is 6.54. The molecule has 0 fully saturated rings. The maximum atomic E-state index is 12.1. The molecule has 2 rings (SSSR count). The van der Waals surface area contributed by atoms with Crippen LogP contribution in [0.15, 0.2) is 36.5 Å². The molecule has 0 aliphatic carbocycles. The number of aromatic amines is 1. The van der Waals surface area contributed by atoms with Gasteiger partial charge >= 0.3 is 0 Å². The number of hydrogen-bond acceptors (Lipinski definition) is 3. The van der Waals surface area contributed by atoms with Gasteiger partial charge in [0.2, 0.25) is 0 Å². The van der Waals surface area contributed by atoms with Crippen molar-refractivity contribution in [2.45, 2.75) is 6.04 Å². The monoisotopic (exact) mass is 292 g/mol. The van der Waals surface area contributed by atoms with Crippen molar-refractivity contribution in [3.05, 3.63) is 52.8 Å². The molecule has 2 aromatic rings. The number of hydrogen-bond donors (Lipinski definition) is 2. The average Bonchev–Trinajstić information content (AvgIpc) is 2.92. The number of nitrogens with zero attached hydrogens (tertiary/aromatic N) is 2. The Bertz CT molecular complexity index is 551. The van der Waals surface area contributed by atoms with Crippen LogP contribution in [0.2, 0.25) is 5.02 Å². The minimum absolute atomic E-state index is 0.113. The molecule has 0 bridgehead atoms. The van der Waals surface area contributed by atoms with E-state index in [9.17, 15) is 4.79 Å². The van der Waals surface area contributed by atoms with Crippen LogP contribution in [0.5, 0.6) is 0 Å². The Morgan fingerprint density at radius 3 is 2.60 bits per heavy atom. The number of rotatable bonds is 5. The predicted molar refractivity (Wildman–Crippen MR) is 78.8 cm³/mol. The van der Waals surface area contributed by atoms with Crippen LogP contribution in [-0.2, 0) is 0 Å². The third-order valence-electron chi connectivity index (χ3n) is 2.87. The van der Waals surface area contributed by atoms with Gasteiger partial charge in [-0.1, -0.05) is 23.7 Å². The van der Waals surface area contributed by atoms with E-state index >= 15 is 0 Å². The number of benzene rings is 1. The second-order valence-corrected chi connectivity index (χ2v) is 5.25. The number of H-pyrrole nitrogens is 1. The van der Waals surface area contributed by atoms with Gasteiger partial charge in [-0.2, -0.15) is 5.10 Å². The lowest BCUT2D eigenvalue weighted by Crippen LogP contribution is -2.35. The first-order valence-electron chi connectivity index (χ1n) is 6.26. The number of halogens is 1. The molecule has 1 amide bonds. The maximum Gasteiger partial charge on any atom is 0.269 e. The smallest absolute Gasteiger partial charge is 0.269 e. The Morgan fingerprint density at radius 2 is 2.05 bits per heavy atom. The number of aromatic nitrogens is 2. The van der Waals surface area contributed by atoms with Crippen molar-refractivity contribution in [1.82, 2.24) is 20.4 Å². The Hall–Kier alpha value is -1.85. The first kappa shape index (κ1) is 14.6. The molecule has 106 valence electrons. The fraction of sp³-hybridized carbons (Fsp3) is 0.286. The number of carbonyl (C=O) groups is 1. The van der Waals surface area contributed by atoms with Crippen molar-refractivity contribution in [1.29, 1.82) is 0 Å². The summed E-state index contributed by atoms with van der Waals surface area (Å²) in [5.74, 6) is -0.177. The molecule has 1 aromatic carbocycles. The summed E-state index contributed by atoms with van der Waals surface area (Å²) in [6.07, 6.45) is 1.55. The molecule has 0 radical (unpaired) electrons. The summed E-state index contributed by atoms with van der Waals surface area (Å²) in [7, 11) is 3.93. The summed E-state index contributed by atoms with van der Waals surface area (Å²) < 4.78 is 0. The third kappa shape index (κ3) is 3.82. The van der Waals surface area contributed by atoms with Crippen molar-refractivity contribution in [2.75, 3.05) is 20.6 Å². The molecule has 0 aliphatic rings. The van der Waals surface area contributed by atoms with Crippen LogP contribution in [-0.4, -0.2) is 41.6 Å². The van der Waals surface area contributed by atoms with Crippen molar-refractivity contribution >= 4 is 17.5 Å². The van der Waals surface area contributed by atoms with E-state index in [1.807, 2.05) is 43.3 Å². The zero-order valence-corrected chi connectivity index (χ0v) is 12.2. The van der Waals surface area contributed by atoms with Crippen LogP contribution < -0.4 is 5.32 Å². The fourth-order valence-electron chi connectivity index (χ4n) is 1.91. The summed E-state index contributed by atoms with van der Waals surface area (Å²) in [4.78, 5) is 14.1. The molecular formula is C14H17ClN4O. The Kier molecular flexibility index (Phi) is 4.76. The van der Waals surface area contributed by atoms with Crippen molar-refractivity contribution in [3.63, 3.8) is 0 Å². The van der Waals surface area contributed by atoms with Gasteiger partial charge in [0.05, 0.1) is 6.04 Å². The van der Waals surface area contributed by atoms with Crippen LogP contribution >= 0.6 is 11.6 Å². The lowest BCUT2D eigenvalue weighted by Gasteiger charge is -2.22. The van der Waals surface area contributed by atoms with Gasteiger partial charge in [0.25, 0.3) is 5.91 Å². The highest BCUT2D eigenvalue weighted by atomic mass is 35.5. The number of carbonyl (C=O) groups excluding carboxylic acids is 1. The number of amides is 1. The summed E-state index contributed by atoms with van der Waals surface area (Å²) in [6, 6.07) is 9.01. The molecule has 2 N–H and O–H groups in total. The van der Waals surface area contributed by atoms with Gasteiger partial charge in [-0.15, -0.1) is 0 Å². The van der Waals surface area contributed by atoms with Crippen molar-refractivity contribution in [3.8, 4) is 0 Å². The van der Waals surface area contributed by atoms with E-state index in [4.69, 9.17) is 11.6 Å². The molecule has 1 heterocycles. The molecule has 5 nitrogen and oxygen atoms in total. The fourth-order valence-corrected chi connectivity index (χ4v) is 2.04. The Morgan fingerprint density at radius 1 is 1.35 bits per heavy atom. The molecular weight excluding hydrogens is 276 g/mol. The topological polar surface area (TPSA) is 61.0 Å². The molecule has 1 atom stereocenters. The van der Waals surface area contributed by atoms with Crippen LogP contribution in [0.3, 0.4) is 0 Å². The van der Waals surface area contributed by atoms with Crippen LogP contribution in [0.25, 0.3) is 0 Å². The normalized spacial score (nSPS) is 12.4. The van der Waals surface area contributed by atoms with E-state index in [-0.39, 0.29) is 11.9 Å². The molecule has 0 saturated carbocycles. The Labute approximate surface area is 122 Å². The highest BCUT2D eigenvalue weighted by Crippen LogP contribution is 2.17. The standard InChI is InChI=1S/C14H17ClN4O/c1-19(2)9-13(10-3-5-11(15)6-4-10)17-14(20)12-7-8-16-18-12/h3-8,13H,9H2,1-2H3,(H,16,18)(H,17,20). The van der Waals surface area contributed by atoms with Gasteiger partial charge < -0.3 is 10.2 Å². The minimum atomic E-state index is -0.177. The highest BCUT2D eigenvalue weighted by molar-refractivity contribution is 6.30. The molecule has 0 saturated heterocycles. The minimum Gasteiger partial charge on any atom is -0.343 e. The summed E-state index contributed by atoms with van der Waals surface area (Å²) in [6.45, 7) is 0.696. The van der Waals surface area contributed by atoms with E-state index in [2.05, 4.69) is 15.5 Å². The first-order chi connectivity index (χ1) is 9.56. The quantitative estimate of drug-likeness (QED) is 0.887. The largest absolute Gasteiger partial charge is 0.343 e. The summed E-state index contributed by atoms with van der Waals surface area (Å²) in [5.41, 5.74) is 1.46. The predicted octanol–water partition coefficient (Wildman–Crippen LogP) is 2.10. The maximum absolute atomic E-state index is 12.1. The highest BCUT2D eigenvalue weighted by Gasteiger charge is 2.17. The Balaban J connectivity index is 2.15. The van der Waals surface area contributed by atoms with Gasteiger partial charge in [-0.3, -0.25) is 9.89 Å². The lowest BCUT2D eigenvalue weighted by atomic mass is 10.1. The molecule has 20 heavy (non-hydrogen) atoms. The SMILES string of the molecule is CN(C)CC(NC(=O)c1ccn[nH]1)c1ccc(Cl)cc1. The molecule has 1 unspecified atom stereocenters. The van der Waals surface area contributed by atoms with E-state index < -0.39 is 0 Å². The van der Waals surface area contributed by atoms with Crippen molar-refractivity contribution < 1.29 is 4.79 Å².